The number of nitrogens with two attached hydrogens (primary N) is 1. The molecule has 1 heterocycles. The van der Waals surface area contributed by atoms with E-state index in [9.17, 15) is 4.79 Å². The topological polar surface area (TPSA) is 81.2 Å². The Morgan fingerprint density at radius 2 is 1.70 bits per heavy atom. The Morgan fingerprint density at radius 1 is 1.03 bits per heavy atom. The molecule has 1 amide bonds. The van der Waals surface area contributed by atoms with E-state index >= 15 is 0 Å². The lowest BCUT2D eigenvalue weighted by atomic mass is 9.81. The van der Waals surface area contributed by atoms with Crippen molar-refractivity contribution in [2.45, 2.75) is 38.1 Å². The van der Waals surface area contributed by atoms with Crippen molar-refractivity contribution in [2.75, 3.05) is 6.54 Å². The first-order chi connectivity index (χ1) is 14.7. The number of nitrogens with zero attached hydrogens (tertiary/aromatic N) is 1. The third-order valence-electron chi connectivity index (χ3n) is 6.03. The molecule has 1 atom stereocenters. The zero-order chi connectivity index (χ0) is 20.8. The molecule has 0 spiro atoms. The van der Waals surface area contributed by atoms with Gasteiger partial charge in [-0.05, 0) is 43.7 Å². The monoisotopic (exact) mass is 403 g/mol. The van der Waals surface area contributed by atoms with E-state index in [1.807, 2.05) is 48.5 Å². The Hall–Kier alpha value is -2.92. The fourth-order valence-corrected chi connectivity index (χ4v) is 4.18. The predicted octanol–water partition coefficient (Wildman–Crippen LogP) is 4.51. The van der Waals surface area contributed by atoms with Crippen molar-refractivity contribution in [3.8, 4) is 11.3 Å². The number of hydrogen-bond donors (Lipinski definition) is 2. The Labute approximate surface area is 177 Å². The van der Waals surface area contributed by atoms with Gasteiger partial charge in [0.15, 0.2) is 5.76 Å². The summed E-state index contributed by atoms with van der Waals surface area (Å²) in [4.78, 5) is 17.5. The summed E-state index contributed by atoms with van der Waals surface area (Å²) in [5, 5.41) is 3.22. The van der Waals surface area contributed by atoms with Gasteiger partial charge in [-0.25, -0.2) is 4.98 Å². The van der Waals surface area contributed by atoms with Crippen LogP contribution in [0.4, 0.5) is 0 Å². The summed E-state index contributed by atoms with van der Waals surface area (Å²) in [6.07, 6.45) is 6.21. The number of hydrogen-bond acceptors (Lipinski definition) is 4. The van der Waals surface area contributed by atoms with Crippen molar-refractivity contribution < 1.29 is 9.21 Å². The summed E-state index contributed by atoms with van der Waals surface area (Å²) in [7, 11) is 0. The molecule has 0 unspecified atom stereocenters. The molecule has 1 aliphatic carbocycles. The second-order valence-corrected chi connectivity index (χ2v) is 8.13. The first-order valence-electron chi connectivity index (χ1n) is 10.8. The number of carbonyl (C=O) groups is 1. The first kappa shape index (κ1) is 20.4. The van der Waals surface area contributed by atoms with E-state index in [4.69, 9.17) is 10.2 Å². The van der Waals surface area contributed by atoms with Gasteiger partial charge in [-0.15, -0.1) is 0 Å². The highest BCUT2D eigenvalue weighted by atomic mass is 16.4. The van der Waals surface area contributed by atoms with Crippen LogP contribution in [0.3, 0.4) is 0 Å². The second-order valence-electron chi connectivity index (χ2n) is 8.13. The Kier molecular flexibility index (Phi) is 6.60. The number of rotatable bonds is 7. The van der Waals surface area contributed by atoms with Crippen LogP contribution in [0.5, 0.6) is 0 Å². The maximum Gasteiger partial charge on any atom is 0.223 e. The van der Waals surface area contributed by atoms with E-state index in [2.05, 4.69) is 22.4 Å². The van der Waals surface area contributed by atoms with E-state index in [1.54, 1.807) is 6.20 Å². The van der Waals surface area contributed by atoms with Gasteiger partial charge in [0.1, 0.15) is 6.04 Å². The van der Waals surface area contributed by atoms with Crippen molar-refractivity contribution in [3.63, 3.8) is 0 Å². The van der Waals surface area contributed by atoms with Crippen molar-refractivity contribution in [1.29, 1.82) is 0 Å². The minimum Gasteiger partial charge on any atom is -0.438 e. The summed E-state index contributed by atoms with van der Waals surface area (Å²) in [6.45, 7) is 0.712. The normalized spacial score (nSPS) is 19.9. The average Bonchev–Trinajstić information content (AvgIpc) is 3.30. The number of nitrogens with one attached hydrogen (secondary N) is 1. The van der Waals surface area contributed by atoms with E-state index in [1.165, 1.54) is 0 Å². The highest BCUT2D eigenvalue weighted by Crippen LogP contribution is 2.30. The fraction of sp³-hybridized carbons (Fsp3) is 0.360. The van der Waals surface area contributed by atoms with Crippen LogP contribution in [0.1, 0.15) is 43.2 Å². The van der Waals surface area contributed by atoms with Crippen LogP contribution >= 0.6 is 0 Å². The summed E-state index contributed by atoms with van der Waals surface area (Å²) >= 11 is 0. The molecule has 3 aromatic rings. The number of carbonyl (C=O) groups excluding carboxylic acids is 1. The number of benzene rings is 2. The molecule has 3 N–H and O–H groups in total. The molecular weight excluding hydrogens is 374 g/mol. The van der Waals surface area contributed by atoms with E-state index in [0.29, 0.717) is 30.5 Å². The number of oxazole rings is 1. The van der Waals surface area contributed by atoms with Crippen LogP contribution in [0.15, 0.2) is 71.3 Å². The SMILES string of the molecule is NC[C@H]1CC[C@H](C(=O)N[C@@H](Cc2ccccc2)c2ncc(-c3ccccc3)o2)CC1. The highest BCUT2D eigenvalue weighted by molar-refractivity contribution is 5.79. The van der Waals surface area contributed by atoms with Crippen LogP contribution in [-0.4, -0.2) is 17.4 Å². The molecule has 0 aliphatic heterocycles. The molecule has 1 aliphatic rings. The Balaban J connectivity index is 1.51. The average molecular weight is 404 g/mol. The molecule has 0 bridgehead atoms. The zero-order valence-electron chi connectivity index (χ0n) is 17.2. The summed E-state index contributed by atoms with van der Waals surface area (Å²) in [5.41, 5.74) is 7.90. The van der Waals surface area contributed by atoms with Crippen LogP contribution in [0, 0.1) is 11.8 Å². The van der Waals surface area contributed by atoms with E-state index in [0.717, 1.165) is 36.8 Å². The zero-order valence-corrected chi connectivity index (χ0v) is 17.2. The summed E-state index contributed by atoms with van der Waals surface area (Å²) in [6, 6.07) is 19.7. The molecule has 1 saturated carbocycles. The summed E-state index contributed by atoms with van der Waals surface area (Å²) < 4.78 is 6.08. The lowest BCUT2D eigenvalue weighted by Crippen LogP contribution is -2.37. The molecule has 1 aromatic heterocycles. The quantitative estimate of drug-likeness (QED) is 0.608. The van der Waals surface area contributed by atoms with Gasteiger partial charge in [-0.1, -0.05) is 60.7 Å². The maximum atomic E-state index is 13.0. The van der Waals surface area contributed by atoms with Crippen LogP contribution in [0.2, 0.25) is 0 Å². The van der Waals surface area contributed by atoms with Crippen molar-refractivity contribution in [1.82, 2.24) is 10.3 Å². The minimum absolute atomic E-state index is 0.0367. The molecule has 5 heteroatoms. The largest absolute Gasteiger partial charge is 0.438 e. The van der Waals surface area contributed by atoms with Crippen LogP contribution in [-0.2, 0) is 11.2 Å². The van der Waals surface area contributed by atoms with Crippen molar-refractivity contribution in [3.05, 3.63) is 78.3 Å². The lowest BCUT2D eigenvalue weighted by Gasteiger charge is -2.28. The van der Waals surface area contributed by atoms with Gasteiger partial charge in [0, 0.05) is 17.9 Å². The molecule has 1 fully saturated rings. The summed E-state index contributed by atoms with van der Waals surface area (Å²) in [5.74, 6) is 1.93. The van der Waals surface area contributed by atoms with E-state index < -0.39 is 0 Å². The van der Waals surface area contributed by atoms with Gasteiger partial charge in [0.05, 0.1) is 6.20 Å². The molecular formula is C25H29N3O2. The minimum atomic E-state index is -0.301. The predicted molar refractivity (Wildman–Crippen MR) is 117 cm³/mol. The fourth-order valence-electron chi connectivity index (χ4n) is 4.18. The Bertz CT molecular complexity index is 931. The second kappa shape index (κ2) is 9.72. The maximum absolute atomic E-state index is 13.0. The van der Waals surface area contributed by atoms with Gasteiger partial charge < -0.3 is 15.5 Å². The highest BCUT2D eigenvalue weighted by Gasteiger charge is 2.29. The van der Waals surface area contributed by atoms with Gasteiger partial charge in [0.25, 0.3) is 0 Å². The molecule has 0 saturated heterocycles. The van der Waals surface area contributed by atoms with Gasteiger partial charge >= 0.3 is 0 Å². The van der Waals surface area contributed by atoms with Gasteiger partial charge in [-0.3, -0.25) is 4.79 Å². The third-order valence-corrected chi connectivity index (χ3v) is 6.03. The number of amides is 1. The van der Waals surface area contributed by atoms with E-state index in [-0.39, 0.29) is 17.9 Å². The number of aromatic nitrogens is 1. The Morgan fingerprint density at radius 3 is 2.37 bits per heavy atom. The lowest BCUT2D eigenvalue weighted by molar-refractivity contribution is -0.127. The van der Waals surface area contributed by atoms with Crippen molar-refractivity contribution >= 4 is 5.91 Å². The molecule has 0 radical (unpaired) electrons. The molecule has 5 nitrogen and oxygen atoms in total. The molecule has 2 aromatic carbocycles. The third kappa shape index (κ3) is 4.97. The molecule has 4 rings (SSSR count). The van der Waals surface area contributed by atoms with Gasteiger partial charge in [0.2, 0.25) is 11.8 Å². The van der Waals surface area contributed by atoms with Gasteiger partial charge in [-0.2, -0.15) is 0 Å². The first-order valence-corrected chi connectivity index (χ1v) is 10.8. The van der Waals surface area contributed by atoms with Crippen LogP contribution in [0.25, 0.3) is 11.3 Å². The van der Waals surface area contributed by atoms with Crippen molar-refractivity contribution in [2.24, 2.45) is 17.6 Å². The standard InChI is InChI=1S/C25H29N3O2/c26-16-19-11-13-21(14-12-19)24(29)28-22(15-18-7-3-1-4-8-18)25-27-17-23(30-25)20-9-5-2-6-10-20/h1-10,17,19,21-22H,11-16,26H2,(H,28,29)/t19-,21-,22-/m0/s1. The molecule has 156 valence electrons. The van der Waals surface area contributed by atoms with Crippen LogP contribution < -0.4 is 11.1 Å². The smallest absolute Gasteiger partial charge is 0.223 e. The molecule has 30 heavy (non-hydrogen) atoms.